The van der Waals surface area contributed by atoms with Crippen molar-refractivity contribution in [2.75, 3.05) is 20.1 Å². The zero-order chi connectivity index (χ0) is 18.8. The lowest BCUT2D eigenvalue weighted by Gasteiger charge is -2.18. The van der Waals surface area contributed by atoms with Crippen molar-refractivity contribution in [2.24, 2.45) is 4.99 Å². The second-order valence-corrected chi connectivity index (χ2v) is 7.33. The lowest BCUT2D eigenvalue weighted by molar-refractivity contribution is 0.296. The highest BCUT2D eigenvalue weighted by atomic mass is 32.1. The van der Waals surface area contributed by atoms with Crippen LogP contribution in [0, 0.1) is 0 Å². The van der Waals surface area contributed by atoms with Gasteiger partial charge in [-0.15, -0.1) is 11.3 Å². The van der Waals surface area contributed by atoms with E-state index in [0.717, 1.165) is 43.6 Å². The van der Waals surface area contributed by atoms with E-state index in [-0.39, 0.29) is 0 Å². The number of nitrogens with zero attached hydrogens (tertiary/aromatic N) is 3. The van der Waals surface area contributed by atoms with E-state index in [4.69, 9.17) is 0 Å². The van der Waals surface area contributed by atoms with Crippen LogP contribution in [0.2, 0.25) is 0 Å². The SMILES string of the molecule is CCc1cnc(CNC(=NC)NCc2cccc(CN(CC)CC)c2)s1. The Hall–Kier alpha value is -1.92. The molecule has 6 heteroatoms. The van der Waals surface area contributed by atoms with Crippen LogP contribution >= 0.6 is 11.3 Å². The van der Waals surface area contributed by atoms with Gasteiger partial charge in [-0.2, -0.15) is 0 Å². The van der Waals surface area contributed by atoms with Crippen molar-refractivity contribution in [3.63, 3.8) is 0 Å². The highest BCUT2D eigenvalue weighted by Crippen LogP contribution is 2.13. The number of nitrogens with one attached hydrogen (secondary N) is 2. The number of aliphatic imine (C=N–C) groups is 1. The van der Waals surface area contributed by atoms with Crippen LogP contribution in [0.3, 0.4) is 0 Å². The Bertz CT molecular complexity index is 691. The zero-order valence-corrected chi connectivity index (χ0v) is 17.2. The van der Waals surface area contributed by atoms with Crippen LogP contribution in [0.5, 0.6) is 0 Å². The lowest BCUT2D eigenvalue weighted by atomic mass is 10.1. The van der Waals surface area contributed by atoms with Crippen LogP contribution in [0.25, 0.3) is 0 Å². The predicted octanol–water partition coefficient (Wildman–Crippen LogP) is 3.41. The zero-order valence-electron chi connectivity index (χ0n) is 16.4. The van der Waals surface area contributed by atoms with E-state index in [1.54, 1.807) is 18.4 Å². The molecule has 2 rings (SSSR count). The summed E-state index contributed by atoms with van der Waals surface area (Å²) < 4.78 is 0. The van der Waals surface area contributed by atoms with Gasteiger partial charge in [0.2, 0.25) is 0 Å². The summed E-state index contributed by atoms with van der Waals surface area (Å²) in [7, 11) is 1.80. The van der Waals surface area contributed by atoms with Gasteiger partial charge in [-0.1, -0.05) is 45.0 Å². The maximum Gasteiger partial charge on any atom is 0.191 e. The van der Waals surface area contributed by atoms with E-state index in [1.807, 2.05) is 6.20 Å². The van der Waals surface area contributed by atoms with Crippen molar-refractivity contribution >= 4 is 17.3 Å². The molecule has 26 heavy (non-hydrogen) atoms. The minimum Gasteiger partial charge on any atom is -0.352 e. The fourth-order valence-corrected chi connectivity index (χ4v) is 3.50. The number of aromatic nitrogens is 1. The topological polar surface area (TPSA) is 52.6 Å². The molecule has 0 saturated carbocycles. The fraction of sp³-hybridized carbons (Fsp3) is 0.500. The maximum atomic E-state index is 4.44. The monoisotopic (exact) mass is 373 g/mol. The fourth-order valence-electron chi connectivity index (χ4n) is 2.70. The molecule has 0 aliphatic rings. The summed E-state index contributed by atoms with van der Waals surface area (Å²) in [6, 6.07) is 8.75. The number of rotatable bonds is 9. The van der Waals surface area contributed by atoms with Crippen LogP contribution in [0.4, 0.5) is 0 Å². The third kappa shape index (κ3) is 6.42. The second kappa shape index (κ2) is 10.9. The first-order valence-corrected chi connectivity index (χ1v) is 10.2. The van der Waals surface area contributed by atoms with E-state index in [1.165, 1.54) is 16.0 Å². The van der Waals surface area contributed by atoms with Crippen molar-refractivity contribution in [3.05, 3.63) is 51.5 Å². The first-order valence-electron chi connectivity index (χ1n) is 9.36. The molecule has 0 radical (unpaired) electrons. The highest BCUT2D eigenvalue weighted by Gasteiger charge is 2.05. The Morgan fingerprint density at radius 2 is 1.85 bits per heavy atom. The molecule has 1 heterocycles. The number of aryl methyl sites for hydroxylation is 1. The number of benzene rings is 1. The maximum absolute atomic E-state index is 4.44. The normalized spacial score (nSPS) is 11.8. The number of guanidine groups is 1. The molecule has 0 aliphatic heterocycles. The first-order chi connectivity index (χ1) is 12.7. The summed E-state index contributed by atoms with van der Waals surface area (Å²) in [5, 5.41) is 7.81. The van der Waals surface area contributed by atoms with Gasteiger partial charge in [0.1, 0.15) is 5.01 Å². The molecule has 142 valence electrons. The van der Waals surface area contributed by atoms with E-state index >= 15 is 0 Å². The first kappa shape index (κ1) is 20.4. The van der Waals surface area contributed by atoms with Crippen molar-refractivity contribution in [3.8, 4) is 0 Å². The molecule has 5 nitrogen and oxygen atoms in total. The summed E-state index contributed by atoms with van der Waals surface area (Å²) in [5.41, 5.74) is 2.62. The second-order valence-electron chi connectivity index (χ2n) is 6.13. The van der Waals surface area contributed by atoms with Crippen LogP contribution in [0.1, 0.15) is 41.8 Å². The van der Waals surface area contributed by atoms with Crippen molar-refractivity contribution in [2.45, 2.75) is 46.8 Å². The summed E-state index contributed by atoms with van der Waals surface area (Å²) in [6.45, 7) is 11.2. The molecular formula is C20H31N5S. The van der Waals surface area contributed by atoms with E-state index in [2.05, 4.69) is 70.5 Å². The predicted molar refractivity (Wildman–Crippen MR) is 112 cm³/mol. The van der Waals surface area contributed by atoms with Gasteiger partial charge in [0.25, 0.3) is 0 Å². The quantitative estimate of drug-likeness (QED) is 0.522. The molecule has 0 atom stereocenters. The largest absolute Gasteiger partial charge is 0.352 e. The Morgan fingerprint density at radius 1 is 1.12 bits per heavy atom. The molecule has 2 N–H and O–H groups in total. The average molecular weight is 374 g/mol. The summed E-state index contributed by atoms with van der Waals surface area (Å²) in [4.78, 5) is 12.5. The van der Waals surface area contributed by atoms with E-state index < -0.39 is 0 Å². The molecule has 0 fully saturated rings. The van der Waals surface area contributed by atoms with Gasteiger partial charge < -0.3 is 10.6 Å². The van der Waals surface area contributed by atoms with Gasteiger partial charge in [-0.25, -0.2) is 4.98 Å². The van der Waals surface area contributed by atoms with Crippen molar-refractivity contribution < 1.29 is 0 Å². The molecule has 0 saturated heterocycles. The summed E-state index contributed by atoms with van der Waals surface area (Å²) >= 11 is 1.75. The number of hydrogen-bond acceptors (Lipinski definition) is 4. The lowest BCUT2D eigenvalue weighted by Crippen LogP contribution is -2.36. The molecule has 0 bridgehead atoms. The van der Waals surface area contributed by atoms with Gasteiger partial charge in [0.15, 0.2) is 5.96 Å². The molecule has 2 aromatic rings. The third-order valence-corrected chi connectivity index (χ3v) is 5.47. The molecular weight excluding hydrogens is 342 g/mol. The molecule has 0 aliphatic carbocycles. The van der Waals surface area contributed by atoms with Crippen LogP contribution < -0.4 is 10.6 Å². The van der Waals surface area contributed by atoms with Crippen molar-refractivity contribution in [1.82, 2.24) is 20.5 Å². The molecule has 1 aromatic heterocycles. The molecule has 0 spiro atoms. The minimum absolute atomic E-state index is 0.701. The average Bonchev–Trinajstić information content (AvgIpc) is 3.14. The van der Waals surface area contributed by atoms with Gasteiger partial charge >= 0.3 is 0 Å². The smallest absolute Gasteiger partial charge is 0.191 e. The van der Waals surface area contributed by atoms with Crippen LogP contribution in [-0.2, 0) is 26.1 Å². The number of hydrogen-bond donors (Lipinski definition) is 2. The van der Waals surface area contributed by atoms with Crippen LogP contribution in [-0.4, -0.2) is 36.0 Å². The number of thiazole rings is 1. The van der Waals surface area contributed by atoms with Gasteiger partial charge in [0, 0.05) is 31.2 Å². The molecule has 1 aromatic carbocycles. The van der Waals surface area contributed by atoms with Crippen molar-refractivity contribution in [1.29, 1.82) is 0 Å². The molecule has 0 unspecified atom stereocenters. The van der Waals surface area contributed by atoms with Crippen LogP contribution in [0.15, 0.2) is 35.5 Å². The standard InChI is InChI=1S/C20H31N5S/c1-5-18-13-22-19(26-18)14-24-20(21-4)23-12-16-9-8-10-17(11-16)15-25(6-2)7-3/h8-11,13H,5-7,12,14-15H2,1-4H3,(H2,21,23,24). The van der Waals surface area contributed by atoms with Gasteiger partial charge in [-0.05, 0) is 30.6 Å². The van der Waals surface area contributed by atoms with Gasteiger partial charge in [-0.3, -0.25) is 9.89 Å². The van der Waals surface area contributed by atoms with Gasteiger partial charge in [0.05, 0.1) is 6.54 Å². The molecule has 0 amide bonds. The highest BCUT2D eigenvalue weighted by molar-refractivity contribution is 7.11. The Morgan fingerprint density at radius 3 is 2.50 bits per heavy atom. The van der Waals surface area contributed by atoms with E-state index in [0.29, 0.717) is 6.54 Å². The Balaban J connectivity index is 1.85. The summed E-state index contributed by atoms with van der Waals surface area (Å²) in [6.07, 6.45) is 2.99. The van der Waals surface area contributed by atoms with E-state index in [9.17, 15) is 0 Å². The minimum atomic E-state index is 0.701. The summed E-state index contributed by atoms with van der Waals surface area (Å²) in [5.74, 6) is 0.799. The Labute approximate surface area is 161 Å². The Kier molecular flexibility index (Phi) is 8.58. The third-order valence-electron chi connectivity index (χ3n) is 4.33.